The van der Waals surface area contributed by atoms with Crippen LogP contribution in [0.1, 0.15) is 73.0 Å². The topological polar surface area (TPSA) is 72.3 Å². The van der Waals surface area contributed by atoms with Crippen molar-refractivity contribution >= 4 is 16.8 Å². The summed E-state index contributed by atoms with van der Waals surface area (Å²) in [6, 6.07) is 10.4. The van der Waals surface area contributed by atoms with Crippen molar-refractivity contribution in [3.63, 3.8) is 0 Å². The molecule has 0 unspecified atom stereocenters. The molecule has 0 saturated heterocycles. The fraction of sp³-hybridized carbons (Fsp3) is 0.567. The zero-order valence-corrected chi connectivity index (χ0v) is 22.0. The number of aromatic nitrogens is 3. The molecule has 2 aliphatic carbocycles. The molecule has 1 amide bonds. The van der Waals surface area contributed by atoms with Crippen LogP contribution in [0.3, 0.4) is 0 Å². The Kier molecular flexibility index (Phi) is 7.14. The summed E-state index contributed by atoms with van der Waals surface area (Å²) in [5.41, 5.74) is 4.22. The van der Waals surface area contributed by atoms with E-state index in [1.807, 2.05) is 31.4 Å². The quantitative estimate of drug-likeness (QED) is 0.509. The maximum atomic E-state index is 13.0. The number of rotatable bonds is 7. The summed E-state index contributed by atoms with van der Waals surface area (Å²) in [6.07, 6.45) is 13.8. The Morgan fingerprint density at radius 1 is 1.05 bits per heavy atom. The number of nitrogens with zero attached hydrogens (tertiary/aromatic N) is 4. The highest BCUT2D eigenvalue weighted by atomic mass is 16.5. The van der Waals surface area contributed by atoms with Crippen molar-refractivity contribution in [2.24, 2.45) is 13.0 Å². The number of fused-ring (bicyclic) bond motifs is 2. The number of benzene rings is 1. The van der Waals surface area contributed by atoms with E-state index in [9.17, 15) is 4.79 Å². The molecule has 7 heteroatoms. The van der Waals surface area contributed by atoms with Crippen LogP contribution in [0.15, 0.2) is 36.5 Å². The lowest BCUT2D eigenvalue weighted by Crippen LogP contribution is -2.38. The number of ether oxygens (including phenoxy) is 1. The molecule has 196 valence electrons. The summed E-state index contributed by atoms with van der Waals surface area (Å²) in [5.74, 6) is 1.60. The third kappa shape index (κ3) is 5.66. The van der Waals surface area contributed by atoms with Gasteiger partial charge >= 0.3 is 0 Å². The molecule has 0 atom stereocenters. The third-order valence-electron chi connectivity index (χ3n) is 8.69. The summed E-state index contributed by atoms with van der Waals surface area (Å²) in [4.78, 5) is 20.5. The highest BCUT2D eigenvalue weighted by Crippen LogP contribution is 2.29. The first-order valence-corrected chi connectivity index (χ1v) is 14.2. The summed E-state index contributed by atoms with van der Waals surface area (Å²) in [7, 11) is 1.89. The number of amides is 1. The predicted octanol–water partition coefficient (Wildman–Crippen LogP) is 4.68. The fourth-order valence-electron chi connectivity index (χ4n) is 6.14. The summed E-state index contributed by atoms with van der Waals surface area (Å²) in [6.45, 7) is 3.35. The Labute approximate surface area is 219 Å². The minimum absolute atomic E-state index is 0.0287. The lowest BCUT2D eigenvalue weighted by Gasteiger charge is -2.30. The SMILES string of the molecule is Cn1cc2c(C(=O)NC3CCC(CCN4CCc5ccc(OC6CCC6)nc5CC4)CC3)cccc2n1. The molecule has 1 aliphatic heterocycles. The number of hydrogen-bond donors (Lipinski definition) is 1. The highest BCUT2D eigenvalue weighted by molar-refractivity contribution is 6.06. The van der Waals surface area contributed by atoms with Crippen LogP contribution >= 0.6 is 0 Å². The smallest absolute Gasteiger partial charge is 0.252 e. The second-order valence-electron chi connectivity index (χ2n) is 11.3. The van der Waals surface area contributed by atoms with Crippen LogP contribution < -0.4 is 10.1 Å². The second kappa shape index (κ2) is 10.8. The molecular weight excluding hydrogens is 462 g/mol. The molecule has 3 aliphatic rings. The molecule has 3 aromatic rings. The number of nitrogens with one attached hydrogen (secondary N) is 1. The Hall–Kier alpha value is -2.93. The highest BCUT2D eigenvalue weighted by Gasteiger charge is 2.25. The summed E-state index contributed by atoms with van der Waals surface area (Å²) < 4.78 is 7.81. The van der Waals surface area contributed by atoms with Crippen molar-refractivity contribution < 1.29 is 9.53 Å². The van der Waals surface area contributed by atoms with Crippen molar-refractivity contribution in [2.45, 2.75) is 76.4 Å². The van der Waals surface area contributed by atoms with E-state index in [4.69, 9.17) is 9.72 Å². The number of carbonyl (C=O) groups is 1. The zero-order valence-electron chi connectivity index (χ0n) is 22.0. The van der Waals surface area contributed by atoms with Crippen LogP contribution in [0.5, 0.6) is 5.88 Å². The van der Waals surface area contributed by atoms with Gasteiger partial charge in [0, 0.05) is 55.9 Å². The van der Waals surface area contributed by atoms with Gasteiger partial charge in [0.05, 0.1) is 11.1 Å². The number of carbonyl (C=O) groups excluding carboxylic acids is 1. The first-order valence-electron chi connectivity index (χ1n) is 14.2. The first kappa shape index (κ1) is 24.4. The fourth-order valence-corrected chi connectivity index (χ4v) is 6.14. The Morgan fingerprint density at radius 3 is 2.70 bits per heavy atom. The summed E-state index contributed by atoms with van der Waals surface area (Å²) >= 11 is 0. The van der Waals surface area contributed by atoms with Crippen LogP contribution in [0, 0.1) is 5.92 Å². The van der Waals surface area contributed by atoms with Gasteiger partial charge in [-0.2, -0.15) is 5.10 Å². The summed E-state index contributed by atoms with van der Waals surface area (Å²) in [5, 5.41) is 8.66. The lowest BCUT2D eigenvalue weighted by atomic mass is 9.84. The van der Waals surface area contributed by atoms with E-state index in [2.05, 4.69) is 27.4 Å². The normalized spacial score (nSPS) is 22.7. The van der Waals surface area contributed by atoms with Gasteiger partial charge < -0.3 is 15.0 Å². The van der Waals surface area contributed by atoms with Gasteiger partial charge in [0.15, 0.2) is 0 Å². The van der Waals surface area contributed by atoms with Crippen LogP contribution in [0.2, 0.25) is 0 Å². The maximum absolute atomic E-state index is 13.0. The molecule has 0 spiro atoms. The van der Waals surface area contributed by atoms with Gasteiger partial charge in [0.1, 0.15) is 6.10 Å². The van der Waals surface area contributed by atoms with Gasteiger partial charge in [-0.25, -0.2) is 4.98 Å². The predicted molar refractivity (Wildman–Crippen MR) is 145 cm³/mol. The van der Waals surface area contributed by atoms with E-state index in [1.54, 1.807) is 4.68 Å². The van der Waals surface area contributed by atoms with E-state index in [-0.39, 0.29) is 11.9 Å². The standard InChI is InChI=1S/C30H39N5O2/c1-34-20-26-25(6-3-7-28(26)33-34)30(36)31-23-11-8-21(9-12-23)14-17-35-18-15-22-10-13-29(32-27(22)16-19-35)37-24-4-2-5-24/h3,6-7,10,13,20-21,23-24H,2,4-5,8-9,11-12,14-19H2,1H3,(H,31,36). The van der Waals surface area contributed by atoms with Crippen molar-refractivity contribution in [3.8, 4) is 5.88 Å². The Bertz CT molecular complexity index is 1240. The molecule has 1 N–H and O–H groups in total. The van der Waals surface area contributed by atoms with Gasteiger partial charge in [0.2, 0.25) is 5.88 Å². The van der Waals surface area contributed by atoms with Gasteiger partial charge in [-0.1, -0.05) is 12.1 Å². The van der Waals surface area contributed by atoms with E-state index < -0.39 is 0 Å². The molecule has 0 bridgehead atoms. The third-order valence-corrected chi connectivity index (χ3v) is 8.69. The molecule has 2 saturated carbocycles. The molecule has 0 radical (unpaired) electrons. The van der Waals surface area contributed by atoms with E-state index in [1.165, 1.54) is 49.8 Å². The van der Waals surface area contributed by atoms with Crippen LogP contribution in [-0.4, -0.2) is 57.4 Å². The van der Waals surface area contributed by atoms with Gasteiger partial charge in [-0.3, -0.25) is 9.48 Å². The van der Waals surface area contributed by atoms with E-state index in [0.717, 1.165) is 73.6 Å². The van der Waals surface area contributed by atoms with Crippen molar-refractivity contribution in [1.29, 1.82) is 0 Å². The van der Waals surface area contributed by atoms with Crippen LogP contribution in [-0.2, 0) is 19.9 Å². The van der Waals surface area contributed by atoms with Crippen molar-refractivity contribution in [3.05, 3.63) is 53.3 Å². The molecule has 37 heavy (non-hydrogen) atoms. The van der Waals surface area contributed by atoms with E-state index in [0.29, 0.717) is 6.10 Å². The molecule has 3 heterocycles. The lowest BCUT2D eigenvalue weighted by molar-refractivity contribution is 0.0921. The first-order chi connectivity index (χ1) is 18.1. The van der Waals surface area contributed by atoms with Crippen LogP contribution in [0.4, 0.5) is 0 Å². The number of pyridine rings is 1. The Balaban J connectivity index is 0.948. The van der Waals surface area contributed by atoms with Crippen LogP contribution in [0.25, 0.3) is 10.9 Å². The second-order valence-corrected chi connectivity index (χ2v) is 11.3. The van der Waals surface area contributed by atoms with Crippen molar-refractivity contribution in [1.82, 2.24) is 25.0 Å². The minimum Gasteiger partial charge on any atom is -0.474 e. The molecular formula is C30H39N5O2. The zero-order chi connectivity index (χ0) is 25.2. The van der Waals surface area contributed by atoms with Gasteiger partial charge in [-0.05, 0) is 87.9 Å². The average molecular weight is 502 g/mol. The molecule has 2 aromatic heterocycles. The largest absolute Gasteiger partial charge is 0.474 e. The van der Waals surface area contributed by atoms with Crippen molar-refractivity contribution in [2.75, 3.05) is 19.6 Å². The van der Waals surface area contributed by atoms with Gasteiger partial charge in [0.25, 0.3) is 5.91 Å². The average Bonchev–Trinajstić information content (AvgIpc) is 3.15. The number of hydrogen-bond acceptors (Lipinski definition) is 5. The maximum Gasteiger partial charge on any atom is 0.252 e. The number of aryl methyl sites for hydroxylation is 1. The van der Waals surface area contributed by atoms with E-state index >= 15 is 0 Å². The monoisotopic (exact) mass is 501 g/mol. The molecule has 1 aromatic carbocycles. The molecule has 7 nitrogen and oxygen atoms in total. The minimum atomic E-state index is 0.0287. The molecule has 6 rings (SSSR count). The Morgan fingerprint density at radius 2 is 1.89 bits per heavy atom. The van der Waals surface area contributed by atoms with Gasteiger partial charge in [-0.15, -0.1) is 0 Å². The molecule has 2 fully saturated rings.